The van der Waals surface area contributed by atoms with Gasteiger partial charge in [0, 0.05) is 16.8 Å². The number of hydrogen-bond donors (Lipinski definition) is 0. The number of halogens is 1. The predicted molar refractivity (Wildman–Crippen MR) is 107 cm³/mol. The minimum absolute atomic E-state index is 0.0429. The predicted octanol–water partition coefficient (Wildman–Crippen LogP) is 4.15. The molecule has 1 aliphatic rings. The lowest BCUT2D eigenvalue weighted by molar-refractivity contribution is -0.385. The van der Waals surface area contributed by atoms with E-state index in [1.165, 1.54) is 34.9 Å². The number of nitro benzene ring substituents is 1. The molecule has 3 rings (SSSR count). The number of benzene rings is 2. The third-order valence-electron chi connectivity index (χ3n) is 3.72. The van der Waals surface area contributed by atoms with Gasteiger partial charge < -0.3 is 4.74 Å². The first-order chi connectivity index (χ1) is 13.0. The molecule has 1 atom stereocenters. The van der Waals surface area contributed by atoms with Gasteiger partial charge in [0.1, 0.15) is 0 Å². The number of rotatable bonds is 5. The summed E-state index contributed by atoms with van der Waals surface area (Å²) in [5, 5.41) is 12.2. The van der Waals surface area contributed by atoms with Gasteiger partial charge >= 0.3 is 5.69 Å². The van der Waals surface area contributed by atoms with Gasteiger partial charge in [-0.15, -0.1) is 0 Å². The Morgan fingerprint density at radius 3 is 2.67 bits per heavy atom. The lowest BCUT2D eigenvalue weighted by Gasteiger charge is -2.22. The van der Waals surface area contributed by atoms with Gasteiger partial charge in [0.05, 0.1) is 16.7 Å². The van der Waals surface area contributed by atoms with E-state index in [4.69, 9.17) is 16.3 Å². The number of carbonyl (C=O) groups excluding carboxylic acids is 1. The fourth-order valence-corrected chi connectivity index (χ4v) is 3.65. The molecule has 0 saturated carbocycles. The zero-order valence-corrected chi connectivity index (χ0v) is 15.9. The molecule has 140 valence electrons. The number of ether oxygens (including phenoxy) is 1. The molecule has 9 heteroatoms. The maximum absolute atomic E-state index is 12.9. The van der Waals surface area contributed by atoms with Crippen molar-refractivity contribution in [3.8, 4) is 5.75 Å². The zero-order chi connectivity index (χ0) is 19.4. The van der Waals surface area contributed by atoms with Crippen molar-refractivity contribution in [2.45, 2.75) is 13.0 Å². The summed E-state index contributed by atoms with van der Waals surface area (Å²) >= 11 is 7.41. The van der Waals surface area contributed by atoms with Gasteiger partial charge in [0.2, 0.25) is 0 Å². The van der Waals surface area contributed by atoms with E-state index in [1.807, 2.05) is 6.92 Å². The van der Waals surface area contributed by atoms with Crippen LogP contribution in [0.5, 0.6) is 5.75 Å². The highest BCUT2D eigenvalue weighted by atomic mass is 35.5. The Balaban J connectivity index is 1.83. The van der Waals surface area contributed by atoms with Crippen LogP contribution in [0.25, 0.3) is 0 Å². The fraction of sp³-hybridized carbons (Fsp3) is 0.222. The van der Waals surface area contributed by atoms with Crippen molar-refractivity contribution >= 4 is 45.8 Å². The van der Waals surface area contributed by atoms with Crippen LogP contribution in [0.3, 0.4) is 0 Å². The Hall–Kier alpha value is -2.58. The fourth-order valence-electron chi connectivity index (χ4n) is 2.47. The molecule has 0 radical (unpaired) electrons. The molecule has 0 aromatic heterocycles. The van der Waals surface area contributed by atoms with Crippen molar-refractivity contribution in [2.75, 3.05) is 17.3 Å². The zero-order valence-electron chi connectivity index (χ0n) is 14.4. The summed E-state index contributed by atoms with van der Waals surface area (Å²) in [4.78, 5) is 29.4. The summed E-state index contributed by atoms with van der Waals surface area (Å²) in [5.74, 6) is 0.440. The maximum Gasteiger partial charge on any atom is 0.310 e. The average molecular weight is 406 g/mol. The molecular formula is C18H16ClN3O4S. The Morgan fingerprint density at radius 1 is 1.33 bits per heavy atom. The molecule has 2 aromatic carbocycles. The molecule has 1 aliphatic heterocycles. The molecule has 27 heavy (non-hydrogen) atoms. The second kappa shape index (κ2) is 8.41. The second-order valence-corrected chi connectivity index (χ2v) is 7.21. The van der Waals surface area contributed by atoms with Gasteiger partial charge in [-0.2, -0.15) is 0 Å². The van der Waals surface area contributed by atoms with E-state index in [2.05, 4.69) is 4.99 Å². The van der Waals surface area contributed by atoms with Gasteiger partial charge in [-0.05, 0) is 37.3 Å². The van der Waals surface area contributed by atoms with Gasteiger partial charge in [-0.1, -0.05) is 35.5 Å². The number of thioether (sulfide) groups is 1. The molecule has 0 unspecified atom stereocenters. The SMILES string of the molecule is C[C@@H]1CSC(N(C(=O)COc2ccccc2[N+](=O)[O-])c2ccc(Cl)cc2)=N1. The molecule has 7 nitrogen and oxygen atoms in total. The number of para-hydroxylation sites is 2. The van der Waals surface area contributed by atoms with Gasteiger partial charge in [-0.25, -0.2) is 0 Å². The monoisotopic (exact) mass is 405 g/mol. The molecule has 0 spiro atoms. The van der Waals surface area contributed by atoms with E-state index in [-0.39, 0.29) is 30.0 Å². The van der Waals surface area contributed by atoms with Gasteiger partial charge in [-0.3, -0.25) is 24.8 Å². The molecule has 0 N–H and O–H groups in total. The van der Waals surface area contributed by atoms with E-state index >= 15 is 0 Å². The molecule has 0 bridgehead atoms. The van der Waals surface area contributed by atoms with Crippen LogP contribution in [-0.2, 0) is 4.79 Å². The average Bonchev–Trinajstić information content (AvgIpc) is 3.08. The number of nitro groups is 1. The summed E-state index contributed by atoms with van der Waals surface area (Å²) in [5.41, 5.74) is 0.417. The van der Waals surface area contributed by atoms with Crippen LogP contribution in [0.2, 0.25) is 5.02 Å². The molecule has 0 aliphatic carbocycles. The van der Waals surface area contributed by atoms with Crippen molar-refractivity contribution in [1.82, 2.24) is 0 Å². The van der Waals surface area contributed by atoms with Crippen LogP contribution >= 0.6 is 23.4 Å². The van der Waals surface area contributed by atoms with Crippen molar-refractivity contribution in [3.63, 3.8) is 0 Å². The highest BCUT2D eigenvalue weighted by molar-refractivity contribution is 8.14. The summed E-state index contributed by atoms with van der Waals surface area (Å²) in [6.45, 7) is 1.61. The summed E-state index contributed by atoms with van der Waals surface area (Å²) in [7, 11) is 0. The minimum atomic E-state index is -0.546. The van der Waals surface area contributed by atoms with Crippen molar-refractivity contribution in [1.29, 1.82) is 0 Å². The number of amides is 1. The van der Waals surface area contributed by atoms with Gasteiger partial charge in [0.25, 0.3) is 5.91 Å². The highest BCUT2D eigenvalue weighted by Gasteiger charge is 2.27. The van der Waals surface area contributed by atoms with Crippen molar-refractivity contribution in [2.24, 2.45) is 4.99 Å². The first-order valence-electron chi connectivity index (χ1n) is 8.11. The summed E-state index contributed by atoms with van der Waals surface area (Å²) in [6, 6.07) is 12.9. The number of carbonyl (C=O) groups is 1. The Labute approximate surface area is 165 Å². The summed E-state index contributed by atoms with van der Waals surface area (Å²) < 4.78 is 5.45. The number of anilines is 1. The van der Waals surface area contributed by atoms with Crippen molar-refractivity contribution < 1.29 is 14.5 Å². The van der Waals surface area contributed by atoms with E-state index in [0.717, 1.165) is 5.75 Å². The number of hydrogen-bond acceptors (Lipinski definition) is 6. The van der Waals surface area contributed by atoms with Crippen LogP contribution < -0.4 is 9.64 Å². The molecule has 2 aromatic rings. The van der Waals surface area contributed by atoms with Crippen LogP contribution in [0, 0.1) is 10.1 Å². The van der Waals surface area contributed by atoms with Crippen LogP contribution in [0.1, 0.15) is 6.92 Å². The Morgan fingerprint density at radius 2 is 2.04 bits per heavy atom. The third-order valence-corrected chi connectivity index (χ3v) is 5.17. The normalized spacial score (nSPS) is 15.9. The molecule has 1 amide bonds. The first kappa shape index (κ1) is 19.2. The number of amidine groups is 1. The topological polar surface area (TPSA) is 85.0 Å². The number of aliphatic imine (C=N–C) groups is 1. The molecule has 1 heterocycles. The van der Waals surface area contributed by atoms with E-state index in [1.54, 1.807) is 30.3 Å². The smallest absolute Gasteiger partial charge is 0.310 e. The first-order valence-corrected chi connectivity index (χ1v) is 9.47. The highest BCUT2D eigenvalue weighted by Crippen LogP contribution is 2.28. The van der Waals surface area contributed by atoms with E-state index < -0.39 is 4.92 Å². The van der Waals surface area contributed by atoms with Crippen LogP contribution in [-0.4, -0.2) is 34.4 Å². The second-order valence-electron chi connectivity index (χ2n) is 5.79. The van der Waals surface area contributed by atoms with E-state index in [9.17, 15) is 14.9 Å². The van der Waals surface area contributed by atoms with Crippen LogP contribution in [0.4, 0.5) is 11.4 Å². The Bertz CT molecular complexity index is 888. The lowest BCUT2D eigenvalue weighted by atomic mass is 10.3. The minimum Gasteiger partial charge on any atom is -0.477 e. The lowest BCUT2D eigenvalue weighted by Crippen LogP contribution is -2.38. The van der Waals surface area contributed by atoms with Crippen molar-refractivity contribution in [3.05, 3.63) is 63.7 Å². The quantitative estimate of drug-likeness (QED) is 0.551. The van der Waals surface area contributed by atoms with Crippen LogP contribution in [0.15, 0.2) is 53.5 Å². The summed E-state index contributed by atoms with van der Waals surface area (Å²) in [6.07, 6.45) is 0. The molecular weight excluding hydrogens is 390 g/mol. The Kier molecular flexibility index (Phi) is 5.98. The van der Waals surface area contributed by atoms with Gasteiger partial charge in [0.15, 0.2) is 17.5 Å². The van der Waals surface area contributed by atoms with E-state index in [0.29, 0.717) is 15.9 Å². The number of nitrogens with zero attached hydrogens (tertiary/aromatic N) is 3. The maximum atomic E-state index is 12.9. The largest absolute Gasteiger partial charge is 0.477 e. The third kappa shape index (κ3) is 4.58. The standard InChI is InChI=1S/C18H16ClN3O4S/c1-12-11-27-18(20-12)21(14-8-6-13(19)7-9-14)17(23)10-26-16-5-3-2-4-15(16)22(24)25/h2-9,12H,10-11H2,1H3/t12-/m1/s1. The molecule has 0 saturated heterocycles. The molecule has 0 fully saturated rings.